The summed E-state index contributed by atoms with van der Waals surface area (Å²) in [6.45, 7) is 3.72. The molecule has 0 saturated heterocycles. The van der Waals surface area contributed by atoms with Crippen LogP contribution in [0.2, 0.25) is 0 Å². The van der Waals surface area contributed by atoms with Crippen LogP contribution in [0.15, 0.2) is 73.3 Å². The van der Waals surface area contributed by atoms with Gasteiger partial charge in [0.1, 0.15) is 0 Å². The molecule has 2 N–H and O–H groups in total. The number of pyridine rings is 2. The lowest BCUT2D eigenvalue weighted by molar-refractivity contribution is -0.122. The van der Waals surface area contributed by atoms with Crippen molar-refractivity contribution >= 4 is 11.8 Å². The molecular formula is C36H34N6O2. The minimum atomic E-state index is 0.0632. The predicted octanol–water partition coefficient (Wildman–Crippen LogP) is 6.27. The molecule has 2 aromatic carbocycles. The Balaban J connectivity index is 0.000000175. The number of amides is 2. The number of nitrogens with zero attached hydrogens (tertiary/aromatic N) is 4. The normalized spacial score (nSPS) is 15.9. The molecule has 8 nitrogen and oxygen atoms in total. The molecule has 2 aromatic heterocycles. The van der Waals surface area contributed by atoms with Crippen molar-refractivity contribution in [2.24, 2.45) is 0 Å². The van der Waals surface area contributed by atoms with Crippen LogP contribution >= 0.6 is 0 Å². The second-order valence-electron chi connectivity index (χ2n) is 10.9. The Kier molecular flexibility index (Phi) is 9.42. The molecule has 4 aromatic rings. The van der Waals surface area contributed by atoms with E-state index in [-0.39, 0.29) is 23.9 Å². The molecule has 2 aliphatic rings. The van der Waals surface area contributed by atoms with Crippen LogP contribution in [0.1, 0.15) is 85.0 Å². The smallest absolute Gasteiger partial charge is 0.220 e. The zero-order valence-corrected chi connectivity index (χ0v) is 24.9. The molecule has 8 heteroatoms. The van der Waals surface area contributed by atoms with Gasteiger partial charge < -0.3 is 10.6 Å². The number of benzene rings is 2. The molecule has 0 spiro atoms. The van der Waals surface area contributed by atoms with Gasteiger partial charge in [-0.05, 0) is 83.3 Å². The maximum atomic E-state index is 11.6. The largest absolute Gasteiger partial charge is 0.349 e. The fourth-order valence-corrected chi connectivity index (χ4v) is 5.89. The molecular weight excluding hydrogens is 548 g/mol. The van der Waals surface area contributed by atoms with Gasteiger partial charge in [0.15, 0.2) is 0 Å². The van der Waals surface area contributed by atoms with Crippen molar-refractivity contribution in [3.63, 3.8) is 0 Å². The molecule has 2 atom stereocenters. The quantitative estimate of drug-likeness (QED) is 0.276. The Bertz CT molecular complexity index is 1620. The summed E-state index contributed by atoms with van der Waals surface area (Å²) in [4.78, 5) is 32.0. The molecule has 0 fully saturated rings. The number of fused-ring (bicyclic) bond motifs is 2. The first-order valence-electron chi connectivity index (χ1n) is 15.0. The van der Waals surface area contributed by atoms with Gasteiger partial charge in [-0.25, -0.2) is 0 Å². The van der Waals surface area contributed by atoms with E-state index >= 15 is 0 Å². The predicted molar refractivity (Wildman–Crippen MR) is 168 cm³/mol. The number of rotatable bonds is 6. The number of carbonyl (C=O) groups is 2. The van der Waals surface area contributed by atoms with Gasteiger partial charge in [0.2, 0.25) is 11.8 Å². The van der Waals surface area contributed by atoms with Gasteiger partial charge in [0, 0.05) is 48.8 Å². The average Bonchev–Trinajstić information content (AvgIpc) is 3.69. The van der Waals surface area contributed by atoms with Crippen LogP contribution in [0.25, 0.3) is 22.3 Å². The van der Waals surface area contributed by atoms with Crippen LogP contribution in [0.3, 0.4) is 0 Å². The average molecular weight is 583 g/mol. The molecule has 2 aliphatic carbocycles. The van der Waals surface area contributed by atoms with Gasteiger partial charge in [0.05, 0.1) is 35.3 Å². The number of nitriles is 2. The van der Waals surface area contributed by atoms with Crippen molar-refractivity contribution in [3.8, 4) is 34.4 Å². The van der Waals surface area contributed by atoms with E-state index in [9.17, 15) is 9.59 Å². The maximum absolute atomic E-state index is 11.6. The van der Waals surface area contributed by atoms with Crippen LogP contribution in [-0.2, 0) is 22.4 Å². The van der Waals surface area contributed by atoms with Crippen molar-refractivity contribution in [1.29, 1.82) is 10.5 Å². The lowest BCUT2D eigenvalue weighted by atomic mass is 9.98. The van der Waals surface area contributed by atoms with Crippen LogP contribution in [0, 0.1) is 22.7 Å². The highest BCUT2D eigenvalue weighted by Gasteiger charge is 2.27. The summed E-state index contributed by atoms with van der Waals surface area (Å²) in [5.74, 6) is 0.142. The van der Waals surface area contributed by atoms with E-state index < -0.39 is 0 Å². The molecule has 0 aliphatic heterocycles. The Morgan fingerprint density at radius 3 is 1.41 bits per heavy atom. The van der Waals surface area contributed by atoms with Crippen LogP contribution in [0.5, 0.6) is 0 Å². The van der Waals surface area contributed by atoms with Crippen molar-refractivity contribution in [2.75, 3.05) is 0 Å². The number of nitrogens with one attached hydrogen (secondary N) is 2. The van der Waals surface area contributed by atoms with Gasteiger partial charge >= 0.3 is 0 Å². The first-order chi connectivity index (χ1) is 21.4. The topological polar surface area (TPSA) is 132 Å². The zero-order chi connectivity index (χ0) is 31.1. The zero-order valence-electron chi connectivity index (χ0n) is 24.9. The lowest BCUT2D eigenvalue weighted by Crippen LogP contribution is -2.26. The molecule has 220 valence electrons. The number of carbonyl (C=O) groups excluding carboxylic acids is 2. The molecule has 2 heterocycles. The summed E-state index contributed by atoms with van der Waals surface area (Å²) in [6.07, 6.45) is 12.1. The van der Waals surface area contributed by atoms with E-state index in [0.29, 0.717) is 24.0 Å². The molecule has 6 rings (SSSR count). The molecule has 44 heavy (non-hydrogen) atoms. The highest BCUT2D eigenvalue weighted by molar-refractivity contribution is 5.78. The minimum Gasteiger partial charge on any atom is -0.349 e. The van der Waals surface area contributed by atoms with E-state index in [1.165, 1.54) is 11.1 Å². The Hall–Kier alpha value is -5.34. The van der Waals surface area contributed by atoms with E-state index in [0.717, 1.165) is 59.1 Å². The first kappa shape index (κ1) is 30.1. The monoisotopic (exact) mass is 582 g/mol. The fourth-order valence-electron chi connectivity index (χ4n) is 5.89. The third-order valence-corrected chi connectivity index (χ3v) is 8.26. The van der Waals surface area contributed by atoms with Crippen molar-refractivity contribution in [1.82, 2.24) is 20.6 Å². The summed E-state index contributed by atoms with van der Waals surface area (Å²) >= 11 is 0. The highest BCUT2D eigenvalue weighted by Crippen LogP contribution is 2.38. The lowest BCUT2D eigenvalue weighted by Gasteiger charge is -2.14. The molecule has 0 radical (unpaired) electrons. The molecule has 0 bridgehead atoms. The standard InChI is InChI=1S/2C18H17N3O/c2*1-2-18(22)21-17-8-7-14-15(10-20-11-16(14)17)13-5-3-12(9-19)4-6-13/h2*3-6,10-11,17H,2,7-8H2,1H3,(H,21,22). The van der Waals surface area contributed by atoms with Crippen LogP contribution < -0.4 is 10.6 Å². The Morgan fingerprint density at radius 2 is 1.07 bits per heavy atom. The third kappa shape index (κ3) is 6.50. The summed E-state index contributed by atoms with van der Waals surface area (Å²) in [6, 6.07) is 19.5. The van der Waals surface area contributed by atoms with Crippen molar-refractivity contribution in [3.05, 3.63) is 107 Å². The summed E-state index contributed by atoms with van der Waals surface area (Å²) in [7, 11) is 0. The van der Waals surface area contributed by atoms with Gasteiger partial charge in [-0.1, -0.05) is 38.1 Å². The van der Waals surface area contributed by atoms with E-state index in [2.05, 4.69) is 32.7 Å². The van der Waals surface area contributed by atoms with Crippen LogP contribution in [0.4, 0.5) is 0 Å². The van der Waals surface area contributed by atoms with Crippen molar-refractivity contribution < 1.29 is 9.59 Å². The SMILES string of the molecule is CCC(=O)NC1CCc2c(-c3ccc(C#N)cc3)cncc21.CCC(=O)NC1CCc2c(-c3ccc(C#N)cc3)cncc21. The Labute approximate surface area is 257 Å². The van der Waals surface area contributed by atoms with E-state index in [1.54, 1.807) is 0 Å². The first-order valence-corrected chi connectivity index (χ1v) is 15.0. The number of hydrogen-bond donors (Lipinski definition) is 2. The van der Waals surface area contributed by atoms with Crippen molar-refractivity contribution in [2.45, 2.75) is 64.5 Å². The summed E-state index contributed by atoms with van der Waals surface area (Å²) < 4.78 is 0. The maximum Gasteiger partial charge on any atom is 0.220 e. The Morgan fingerprint density at radius 1 is 0.682 bits per heavy atom. The van der Waals surface area contributed by atoms with Gasteiger partial charge in [-0.15, -0.1) is 0 Å². The second-order valence-corrected chi connectivity index (χ2v) is 10.9. The highest BCUT2D eigenvalue weighted by atomic mass is 16.2. The molecule has 2 amide bonds. The fraction of sp³-hybridized carbons (Fsp3) is 0.278. The number of hydrogen-bond acceptors (Lipinski definition) is 6. The number of aromatic nitrogens is 2. The third-order valence-electron chi connectivity index (χ3n) is 8.26. The molecule has 2 unspecified atom stereocenters. The second kappa shape index (κ2) is 13.8. The van der Waals surface area contributed by atoms with Gasteiger partial charge in [-0.2, -0.15) is 10.5 Å². The van der Waals surface area contributed by atoms with E-state index in [1.807, 2.05) is 87.2 Å². The van der Waals surface area contributed by atoms with Gasteiger partial charge in [-0.3, -0.25) is 19.6 Å². The van der Waals surface area contributed by atoms with Crippen LogP contribution in [-0.4, -0.2) is 21.8 Å². The van der Waals surface area contributed by atoms with Gasteiger partial charge in [0.25, 0.3) is 0 Å². The summed E-state index contributed by atoms with van der Waals surface area (Å²) in [5, 5.41) is 23.9. The minimum absolute atomic E-state index is 0.0632. The summed E-state index contributed by atoms with van der Waals surface area (Å²) in [5.41, 5.74) is 10.3. The van der Waals surface area contributed by atoms with E-state index in [4.69, 9.17) is 10.5 Å². The molecule has 0 saturated carbocycles.